The van der Waals surface area contributed by atoms with E-state index < -0.39 is 28.9 Å². The predicted octanol–water partition coefficient (Wildman–Crippen LogP) is 0.506. The van der Waals surface area contributed by atoms with E-state index in [-0.39, 0.29) is 13.2 Å². The molecule has 0 unspecified atom stereocenters. The molecule has 0 aliphatic heterocycles. The van der Waals surface area contributed by atoms with Gasteiger partial charge in [-0.3, -0.25) is 9.59 Å². The van der Waals surface area contributed by atoms with E-state index in [1.54, 1.807) is 4.98 Å². The Hall–Kier alpha value is -1.83. The van der Waals surface area contributed by atoms with Gasteiger partial charge in [0.1, 0.15) is 11.3 Å². The van der Waals surface area contributed by atoms with Crippen molar-refractivity contribution in [3.05, 3.63) is 33.7 Å². The molecule has 18 heavy (non-hydrogen) atoms. The normalized spacial score (nSPS) is 11.3. The van der Waals surface area contributed by atoms with E-state index >= 15 is 0 Å². The number of carbonyl (C=O) groups is 1. The fraction of sp³-hybridized carbons (Fsp3) is 0.400. The van der Waals surface area contributed by atoms with Crippen molar-refractivity contribution in [2.75, 3.05) is 13.2 Å². The second-order valence-electron chi connectivity index (χ2n) is 3.45. The van der Waals surface area contributed by atoms with Crippen molar-refractivity contribution >= 4 is 5.91 Å². The number of aliphatic hydroxyl groups excluding tert-OH is 1. The maximum atomic E-state index is 12.3. The Kier molecular flexibility index (Phi) is 4.49. The quantitative estimate of drug-likeness (QED) is 0.693. The number of aromatic nitrogens is 1. The summed E-state index contributed by atoms with van der Waals surface area (Å²) in [5, 5.41) is 10.8. The lowest BCUT2D eigenvalue weighted by Crippen LogP contribution is -2.31. The van der Waals surface area contributed by atoms with E-state index in [0.29, 0.717) is 12.5 Å². The molecule has 8 heteroatoms. The fourth-order valence-electron chi connectivity index (χ4n) is 1.19. The minimum atomic E-state index is -4.66. The third kappa shape index (κ3) is 3.59. The summed E-state index contributed by atoms with van der Waals surface area (Å²) in [6, 6.07) is 1.44. The molecule has 0 aliphatic carbocycles. The lowest BCUT2D eigenvalue weighted by atomic mass is 10.2. The molecule has 1 aromatic rings. The number of amides is 1. The number of pyridine rings is 1. The largest absolute Gasteiger partial charge is 0.431 e. The minimum Gasteiger partial charge on any atom is -0.396 e. The highest BCUT2D eigenvalue weighted by molar-refractivity contribution is 5.93. The number of H-pyrrole nitrogens is 1. The first-order valence-electron chi connectivity index (χ1n) is 5.06. The van der Waals surface area contributed by atoms with Crippen molar-refractivity contribution in [3.8, 4) is 0 Å². The summed E-state index contributed by atoms with van der Waals surface area (Å²) in [5.41, 5.74) is -2.72. The van der Waals surface area contributed by atoms with Crippen LogP contribution in [0, 0.1) is 0 Å². The van der Waals surface area contributed by atoms with Gasteiger partial charge in [-0.1, -0.05) is 0 Å². The zero-order chi connectivity index (χ0) is 13.8. The number of alkyl halides is 3. The Balaban J connectivity index is 2.86. The zero-order valence-electron chi connectivity index (χ0n) is 9.17. The Labute approximate surface area is 99.6 Å². The molecule has 5 nitrogen and oxygen atoms in total. The molecule has 1 amide bonds. The number of hydrogen-bond donors (Lipinski definition) is 3. The van der Waals surface area contributed by atoms with Gasteiger partial charge in [0.05, 0.1) is 0 Å². The molecular formula is C10H11F3N2O3. The molecule has 0 saturated carbocycles. The number of aliphatic hydroxyl groups is 1. The third-order valence-electron chi connectivity index (χ3n) is 2.08. The summed E-state index contributed by atoms with van der Waals surface area (Å²) in [4.78, 5) is 24.3. The maximum absolute atomic E-state index is 12.3. The average molecular weight is 264 g/mol. The zero-order valence-corrected chi connectivity index (χ0v) is 9.17. The summed E-state index contributed by atoms with van der Waals surface area (Å²) in [7, 11) is 0. The van der Waals surface area contributed by atoms with Crippen LogP contribution in [0.2, 0.25) is 0 Å². The Bertz CT molecular complexity index is 482. The molecule has 3 N–H and O–H groups in total. The summed E-state index contributed by atoms with van der Waals surface area (Å²) < 4.78 is 36.8. The lowest BCUT2D eigenvalue weighted by Gasteiger charge is -2.07. The molecule has 0 bridgehead atoms. The first-order valence-corrected chi connectivity index (χ1v) is 5.06. The van der Waals surface area contributed by atoms with Crippen molar-refractivity contribution in [2.45, 2.75) is 12.6 Å². The van der Waals surface area contributed by atoms with Gasteiger partial charge in [0.15, 0.2) is 0 Å². The van der Waals surface area contributed by atoms with Crippen LogP contribution in [0.1, 0.15) is 22.5 Å². The Morgan fingerprint density at radius 2 is 2.06 bits per heavy atom. The molecule has 0 saturated heterocycles. The third-order valence-corrected chi connectivity index (χ3v) is 2.08. The summed E-state index contributed by atoms with van der Waals surface area (Å²) in [5.74, 6) is -0.779. The van der Waals surface area contributed by atoms with Gasteiger partial charge in [-0.15, -0.1) is 0 Å². The molecule has 100 valence electrons. The average Bonchev–Trinajstić information content (AvgIpc) is 2.27. The first-order chi connectivity index (χ1) is 8.36. The van der Waals surface area contributed by atoms with Gasteiger partial charge in [-0.05, 0) is 18.6 Å². The van der Waals surface area contributed by atoms with Crippen molar-refractivity contribution in [2.24, 2.45) is 0 Å². The smallest absolute Gasteiger partial charge is 0.396 e. The van der Waals surface area contributed by atoms with Crippen LogP contribution in [0.15, 0.2) is 16.9 Å². The van der Waals surface area contributed by atoms with Gasteiger partial charge in [-0.2, -0.15) is 13.2 Å². The van der Waals surface area contributed by atoms with Crippen molar-refractivity contribution < 1.29 is 23.1 Å². The predicted molar refractivity (Wildman–Crippen MR) is 56.1 cm³/mol. The van der Waals surface area contributed by atoms with E-state index in [9.17, 15) is 22.8 Å². The van der Waals surface area contributed by atoms with Crippen molar-refractivity contribution in [1.82, 2.24) is 10.3 Å². The van der Waals surface area contributed by atoms with E-state index in [1.165, 1.54) is 0 Å². The Morgan fingerprint density at radius 3 is 2.56 bits per heavy atom. The summed E-state index contributed by atoms with van der Waals surface area (Å²) >= 11 is 0. The van der Waals surface area contributed by atoms with Gasteiger partial charge >= 0.3 is 6.18 Å². The van der Waals surface area contributed by atoms with Crippen molar-refractivity contribution in [1.29, 1.82) is 0 Å². The molecule has 1 rings (SSSR count). The number of rotatable bonds is 4. The SMILES string of the molecule is O=C(NCCCO)c1ccc(C(F)(F)F)[nH]c1=O. The second-order valence-corrected chi connectivity index (χ2v) is 3.45. The fourth-order valence-corrected chi connectivity index (χ4v) is 1.19. The topological polar surface area (TPSA) is 82.2 Å². The molecule has 1 heterocycles. The van der Waals surface area contributed by atoms with Gasteiger partial charge in [-0.25, -0.2) is 0 Å². The molecule has 1 aromatic heterocycles. The van der Waals surface area contributed by atoms with E-state index in [1.807, 2.05) is 0 Å². The molecule has 0 aliphatic rings. The second kappa shape index (κ2) is 5.67. The highest BCUT2D eigenvalue weighted by Gasteiger charge is 2.32. The minimum absolute atomic E-state index is 0.135. The molecule has 0 atom stereocenters. The van der Waals surface area contributed by atoms with E-state index in [0.717, 1.165) is 6.07 Å². The molecule has 0 radical (unpaired) electrons. The highest BCUT2D eigenvalue weighted by atomic mass is 19.4. The standard InChI is InChI=1S/C10H11F3N2O3/c11-10(12,13)7-3-2-6(9(18)15-7)8(17)14-4-1-5-16/h2-3,16H,1,4-5H2,(H,14,17)(H,15,18). The monoisotopic (exact) mass is 264 g/mol. The van der Waals surface area contributed by atoms with Crippen LogP contribution in [0.4, 0.5) is 13.2 Å². The summed E-state index contributed by atoms with van der Waals surface area (Å²) in [6.45, 7) is -0.000551. The van der Waals surface area contributed by atoms with Gasteiger partial charge in [0, 0.05) is 13.2 Å². The van der Waals surface area contributed by atoms with E-state index in [4.69, 9.17) is 5.11 Å². The van der Waals surface area contributed by atoms with Crippen LogP contribution in [0.3, 0.4) is 0 Å². The van der Waals surface area contributed by atoms with Crippen LogP contribution in [0.5, 0.6) is 0 Å². The van der Waals surface area contributed by atoms with Gasteiger partial charge < -0.3 is 15.4 Å². The van der Waals surface area contributed by atoms with Gasteiger partial charge in [0.2, 0.25) is 0 Å². The number of halogens is 3. The lowest BCUT2D eigenvalue weighted by molar-refractivity contribution is -0.141. The number of hydrogen-bond acceptors (Lipinski definition) is 3. The molecular weight excluding hydrogens is 253 g/mol. The highest BCUT2D eigenvalue weighted by Crippen LogP contribution is 2.26. The number of aromatic amines is 1. The van der Waals surface area contributed by atoms with E-state index in [2.05, 4.69) is 5.32 Å². The molecule has 0 aromatic carbocycles. The molecule has 0 spiro atoms. The Morgan fingerprint density at radius 1 is 1.39 bits per heavy atom. The van der Waals surface area contributed by atoms with Crippen molar-refractivity contribution in [3.63, 3.8) is 0 Å². The van der Waals surface area contributed by atoms with Crippen LogP contribution in [-0.2, 0) is 6.18 Å². The number of nitrogens with one attached hydrogen (secondary N) is 2. The van der Waals surface area contributed by atoms with Crippen LogP contribution < -0.4 is 10.9 Å². The van der Waals surface area contributed by atoms with Gasteiger partial charge in [0.25, 0.3) is 11.5 Å². The first kappa shape index (κ1) is 14.2. The number of carbonyl (C=O) groups excluding carboxylic acids is 1. The summed E-state index contributed by atoms with van der Waals surface area (Å²) in [6.07, 6.45) is -4.37. The maximum Gasteiger partial charge on any atom is 0.431 e. The van der Waals surface area contributed by atoms with Crippen LogP contribution >= 0.6 is 0 Å². The van der Waals surface area contributed by atoms with Crippen LogP contribution in [-0.4, -0.2) is 29.1 Å². The van der Waals surface area contributed by atoms with Crippen LogP contribution in [0.25, 0.3) is 0 Å². The molecule has 0 fully saturated rings.